The van der Waals surface area contributed by atoms with E-state index in [4.69, 9.17) is 4.74 Å². The minimum Gasteiger partial charge on any atom is -0.444 e. The van der Waals surface area contributed by atoms with E-state index in [2.05, 4.69) is 20.7 Å². The van der Waals surface area contributed by atoms with E-state index in [1.165, 1.54) is 24.3 Å². The van der Waals surface area contributed by atoms with Gasteiger partial charge in [-0.25, -0.2) is 13.2 Å². The summed E-state index contributed by atoms with van der Waals surface area (Å²) in [6.45, 7) is 5.23. The standard InChI is InChI=1S/C22H28N4O6S/c1-22(2,3)32-21(29)24-14-19(27)23-13-15-5-9-17(10-6-15)25-20(28)16-7-11-18(12-8-16)26-33(4,30)31/h5-12,26H,13-14H2,1-4H3,(H,23,27)(H,24,29)(H,25,28). The maximum atomic E-state index is 12.4. The highest BCUT2D eigenvalue weighted by atomic mass is 32.2. The van der Waals surface area contributed by atoms with Crippen LogP contribution in [0.25, 0.3) is 0 Å². The highest BCUT2D eigenvalue weighted by Crippen LogP contribution is 2.14. The molecular weight excluding hydrogens is 448 g/mol. The number of carbonyl (C=O) groups is 3. The van der Waals surface area contributed by atoms with Crippen LogP contribution in [0, 0.1) is 0 Å². The lowest BCUT2D eigenvalue weighted by molar-refractivity contribution is -0.120. The number of alkyl carbamates (subject to hydrolysis) is 1. The van der Waals surface area contributed by atoms with Crippen molar-refractivity contribution in [1.82, 2.24) is 10.6 Å². The fourth-order valence-electron chi connectivity index (χ4n) is 2.54. The fraction of sp³-hybridized carbons (Fsp3) is 0.318. The van der Waals surface area contributed by atoms with E-state index >= 15 is 0 Å². The summed E-state index contributed by atoms with van der Waals surface area (Å²) in [5.74, 6) is -0.720. The summed E-state index contributed by atoms with van der Waals surface area (Å²) in [6.07, 6.45) is 0.378. The van der Waals surface area contributed by atoms with Crippen molar-refractivity contribution >= 4 is 39.3 Å². The average molecular weight is 477 g/mol. The van der Waals surface area contributed by atoms with Crippen LogP contribution in [-0.2, 0) is 26.1 Å². The van der Waals surface area contributed by atoms with Gasteiger partial charge in [0.05, 0.1) is 6.26 Å². The number of hydrogen-bond acceptors (Lipinski definition) is 6. The highest BCUT2D eigenvalue weighted by molar-refractivity contribution is 7.92. The Kier molecular flexibility index (Phi) is 8.41. The Morgan fingerprint density at radius 3 is 2.00 bits per heavy atom. The summed E-state index contributed by atoms with van der Waals surface area (Å²) in [5.41, 5.74) is 1.44. The Bertz CT molecular complexity index is 1090. The number of benzene rings is 2. The summed E-state index contributed by atoms with van der Waals surface area (Å²) in [4.78, 5) is 35.8. The quantitative estimate of drug-likeness (QED) is 0.461. The summed E-state index contributed by atoms with van der Waals surface area (Å²) >= 11 is 0. The first-order valence-corrected chi connectivity index (χ1v) is 11.9. The van der Waals surface area contributed by atoms with Crippen LogP contribution < -0.4 is 20.7 Å². The van der Waals surface area contributed by atoms with Gasteiger partial charge in [0, 0.05) is 23.5 Å². The maximum Gasteiger partial charge on any atom is 0.408 e. The molecule has 2 aromatic carbocycles. The van der Waals surface area contributed by atoms with Crippen LogP contribution >= 0.6 is 0 Å². The molecule has 10 nitrogen and oxygen atoms in total. The Balaban J connectivity index is 1.81. The molecule has 0 spiro atoms. The van der Waals surface area contributed by atoms with Gasteiger partial charge < -0.3 is 20.7 Å². The monoisotopic (exact) mass is 476 g/mol. The van der Waals surface area contributed by atoms with Gasteiger partial charge in [0.1, 0.15) is 12.1 Å². The van der Waals surface area contributed by atoms with Gasteiger partial charge in [0.25, 0.3) is 5.91 Å². The predicted octanol–water partition coefficient (Wildman–Crippen LogP) is 2.45. The Hall–Kier alpha value is -3.60. The lowest BCUT2D eigenvalue weighted by Crippen LogP contribution is -2.39. The van der Waals surface area contributed by atoms with Crippen molar-refractivity contribution in [3.63, 3.8) is 0 Å². The molecule has 11 heteroatoms. The molecule has 0 aromatic heterocycles. The van der Waals surface area contributed by atoms with Crippen LogP contribution in [-0.4, -0.2) is 44.7 Å². The van der Waals surface area contributed by atoms with E-state index in [1.54, 1.807) is 45.0 Å². The topological polar surface area (TPSA) is 143 Å². The van der Waals surface area contributed by atoms with Crippen LogP contribution in [0.1, 0.15) is 36.7 Å². The number of hydrogen-bond donors (Lipinski definition) is 4. The largest absolute Gasteiger partial charge is 0.444 e. The van der Waals surface area contributed by atoms with Gasteiger partial charge in [0.15, 0.2) is 0 Å². The van der Waals surface area contributed by atoms with Gasteiger partial charge in [0.2, 0.25) is 15.9 Å². The van der Waals surface area contributed by atoms with Crippen LogP contribution in [0.4, 0.5) is 16.2 Å². The molecule has 0 atom stereocenters. The second kappa shape index (κ2) is 10.8. The van der Waals surface area contributed by atoms with Crippen LogP contribution in [0.5, 0.6) is 0 Å². The third-order valence-corrected chi connectivity index (χ3v) is 4.55. The van der Waals surface area contributed by atoms with E-state index in [1.807, 2.05) is 0 Å². The Morgan fingerprint density at radius 2 is 1.45 bits per heavy atom. The number of sulfonamides is 1. The molecule has 0 radical (unpaired) electrons. The zero-order valence-corrected chi connectivity index (χ0v) is 19.7. The van der Waals surface area contributed by atoms with Gasteiger partial charge >= 0.3 is 6.09 Å². The third kappa shape index (κ3) is 10.0. The summed E-state index contributed by atoms with van der Waals surface area (Å²) in [6, 6.07) is 12.9. The first-order valence-electron chi connectivity index (χ1n) is 10.0. The minimum absolute atomic E-state index is 0.207. The van der Waals surface area contributed by atoms with Crippen molar-refractivity contribution in [2.75, 3.05) is 22.8 Å². The number of amides is 3. The first kappa shape index (κ1) is 25.7. The second-order valence-corrected chi connectivity index (χ2v) is 9.98. The van der Waals surface area contributed by atoms with E-state index in [-0.39, 0.29) is 24.9 Å². The van der Waals surface area contributed by atoms with Gasteiger partial charge in [-0.2, -0.15) is 0 Å². The molecule has 33 heavy (non-hydrogen) atoms. The Morgan fingerprint density at radius 1 is 0.879 bits per heavy atom. The molecule has 0 unspecified atom stereocenters. The molecule has 0 aliphatic heterocycles. The molecule has 0 bridgehead atoms. The van der Waals surface area contributed by atoms with E-state index in [9.17, 15) is 22.8 Å². The molecule has 0 saturated carbocycles. The molecule has 0 fully saturated rings. The second-order valence-electron chi connectivity index (χ2n) is 8.23. The summed E-state index contributed by atoms with van der Waals surface area (Å²) in [5, 5.41) is 7.80. The zero-order valence-electron chi connectivity index (χ0n) is 18.9. The van der Waals surface area contributed by atoms with E-state index < -0.39 is 21.7 Å². The van der Waals surface area contributed by atoms with E-state index in [0.29, 0.717) is 16.9 Å². The van der Waals surface area contributed by atoms with Crippen molar-refractivity contribution in [3.05, 3.63) is 59.7 Å². The molecule has 0 saturated heterocycles. The highest BCUT2D eigenvalue weighted by Gasteiger charge is 2.16. The first-order chi connectivity index (χ1) is 15.3. The van der Waals surface area contributed by atoms with Crippen molar-refractivity contribution in [3.8, 4) is 0 Å². The van der Waals surface area contributed by atoms with Crippen molar-refractivity contribution in [1.29, 1.82) is 0 Å². The molecule has 3 amide bonds. The normalized spacial score (nSPS) is 11.3. The molecule has 0 aliphatic carbocycles. The van der Waals surface area contributed by atoms with Gasteiger partial charge in [-0.1, -0.05) is 12.1 Å². The molecule has 4 N–H and O–H groups in total. The lowest BCUT2D eigenvalue weighted by Gasteiger charge is -2.19. The summed E-state index contributed by atoms with van der Waals surface area (Å²) < 4.78 is 29.9. The van der Waals surface area contributed by atoms with Crippen LogP contribution in [0.3, 0.4) is 0 Å². The van der Waals surface area contributed by atoms with Gasteiger partial charge in [-0.15, -0.1) is 0 Å². The fourth-order valence-corrected chi connectivity index (χ4v) is 3.11. The molecule has 0 aliphatic rings. The van der Waals surface area contributed by atoms with Gasteiger partial charge in [-0.05, 0) is 62.7 Å². The smallest absolute Gasteiger partial charge is 0.408 e. The van der Waals surface area contributed by atoms with E-state index in [0.717, 1.165) is 11.8 Å². The number of rotatable bonds is 8. The SMILES string of the molecule is CC(C)(C)OC(=O)NCC(=O)NCc1ccc(NC(=O)c2ccc(NS(C)(=O)=O)cc2)cc1. The average Bonchev–Trinajstić information content (AvgIpc) is 2.70. The number of carbonyl (C=O) groups excluding carboxylic acids is 3. The predicted molar refractivity (Wildman–Crippen MR) is 125 cm³/mol. The van der Waals surface area contributed by atoms with Crippen LogP contribution in [0.15, 0.2) is 48.5 Å². The molecule has 2 rings (SSSR count). The lowest BCUT2D eigenvalue weighted by atomic mass is 10.1. The van der Waals surface area contributed by atoms with Crippen molar-refractivity contribution < 1.29 is 27.5 Å². The zero-order chi connectivity index (χ0) is 24.6. The minimum atomic E-state index is -3.39. The summed E-state index contributed by atoms with van der Waals surface area (Å²) in [7, 11) is -3.39. The van der Waals surface area contributed by atoms with Crippen LogP contribution in [0.2, 0.25) is 0 Å². The van der Waals surface area contributed by atoms with Crippen molar-refractivity contribution in [2.45, 2.75) is 32.9 Å². The van der Waals surface area contributed by atoms with Gasteiger partial charge in [-0.3, -0.25) is 14.3 Å². The number of ether oxygens (including phenoxy) is 1. The number of nitrogens with one attached hydrogen (secondary N) is 4. The molecule has 2 aromatic rings. The number of anilines is 2. The molecule has 178 valence electrons. The maximum absolute atomic E-state index is 12.4. The molecular formula is C22H28N4O6S. The van der Waals surface area contributed by atoms with Crippen molar-refractivity contribution in [2.24, 2.45) is 0 Å². The molecule has 0 heterocycles. The Labute approximate surface area is 193 Å². The third-order valence-electron chi connectivity index (χ3n) is 3.94.